The maximum Gasteiger partial charge on any atom is 0.188 e. The number of benzene rings is 1. The Balaban J connectivity index is 1.84. The molecule has 5 heteroatoms. The van der Waals surface area contributed by atoms with Gasteiger partial charge >= 0.3 is 0 Å². The summed E-state index contributed by atoms with van der Waals surface area (Å²) in [6.07, 6.45) is 2.73. The van der Waals surface area contributed by atoms with Crippen molar-refractivity contribution in [3.8, 4) is 0 Å². The summed E-state index contributed by atoms with van der Waals surface area (Å²) in [4.78, 5) is 4.10. The Bertz CT molecular complexity index is 408. The molecule has 2 rings (SSSR count). The number of guanidine groups is 1. The summed E-state index contributed by atoms with van der Waals surface area (Å²) in [6, 6.07) is 3.94. The Morgan fingerprint density at radius 1 is 1.29 bits per heavy atom. The van der Waals surface area contributed by atoms with E-state index in [-0.39, 0.29) is 0 Å². The number of nitrogens with zero attached hydrogens (tertiary/aromatic N) is 1. The first-order valence-corrected chi connectivity index (χ1v) is 5.65. The van der Waals surface area contributed by atoms with Gasteiger partial charge in [-0.1, -0.05) is 0 Å². The molecular weight excluding hydrogens is 224 g/mol. The monoisotopic (exact) mass is 239 g/mol. The molecular formula is C12H15F2N3. The Morgan fingerprint density at radius 3 is 2.53 bits per heavy atom. The average Bonchev–Trinajstić information content (AvgIpc) is 3.00. The van der Waals surface area contributed by atoms with Gasteiger partial charge < -0.3 is 11.1 Å². The highest BCUT2D eigenvalue weighted by Crippen LogP contribution is 2.18. The van der Waals surface area contributed by atoms with E-state index in [1.54, 1.807) is 0 Å². The number of hydrogen-bond donors (Lipinski definition) is 2. The summed E-state index contributed by atoms with van der Waals surface area (Å²) in [5.74, 6) is -0.717. The van der Waals surface area contributed by atoms with Crippen LogP contribution in [-0.2, 0) is 6.42 Å². The molecule has 0 bridgehead atoms. The molecule has 3 nitrogen and oxygen atoms in total. The zero-order chi connectivity index (χ0) is 12.3. The van der Waals surface area contributed by atoms with E-state index in [1.807, 2.05) is 0 Å². The summed E-state index contributed by atoms with van der Waals surface area (Å²) < 4.78 is 25.8. The van der Waals surface area contributed by atoms with Crippen molar-refractivity contribution >= 4 is 5.96 Å². The highest BCUT2D eigenvalue weighted by Gasteiger charge is 2.21. The molecule has 1 aliphatic rings. The van der Waals surface area contributed by atoms with Gasteiger partial charge in [-0.15, -0.1) is 0 Å². The SMILES string of the molecule is NC(=NCCc1cc(F)cc(F)c1)NC1CC1. The Kier molecular flexibility index (Phi) is 3.56. The van der Waals surface area contributed by atoms with Crippen LogP contribution < -0.4 is 11.1 Å². The lowest BCUT2D eigenvalue weighted by Gasteiger charge is -2.03. The lowest BCUT2D eigenvalue weighted by molar-refractivity contribution is 0.579. The number of halogens is 2. The zero-order valence-electron chi connectivity index (χ0n) is 9.42. The summed E-state index contributed by atoms with van der Waals surface area (Å²) in [7, 11) is 0. The minimum absolute atomic E-state index is 0.407. The molecule has 1 aromatic rings. The quantitative estimate of drug-likeness (QED) is 0.619. The van der Waals surface area contributed by atoms with E-state index in [1.165, 1.54) is 12.1 Å². The Labute approximate surface area is 98.7 Å². The van der Waals surface area contributed by atoms with Crippen molar-refractivity contribution in [1.29, 1.82) is 0 Å². The fraction of sp³-hybridized carbons (Fsp3) is 0.417. The Morgan fingerprint density at radius 2 is 1.94 bits per heavy atom. The molecule has 1 fully saturated rings. The second kappa shape index (κ2) is 5.12. The van der Waals surface area contributed by atoms with Crippen molar-refractivity contribution in [3.05, 3.63) is 35.4 Å². The molecule has 92 valence electrons. The summed E-state index contributed by atoms with van der Waals surface area (Å²) >= 11 is 0. The molecule has 0 amide bonds. The van der Waals surface area contributed by atoms with Crippen LogP contribution in [0.3, 0.4) is 0 Å². The van der Waals surface area contributed by atoms with Crippen LogP contribution in [0.1, 0.15) is 18.4 Å². The molecule has 0 spiro atoms. The third-order valence-electron chi connectivity index (χ3n) is 2.53. The molecule has 17 heavy (non-hydrogen) atoms. The van der Waals surface area contributed by atoms with Crippen molar-refractivity contribution in [2.24, 2.45) is 10.7 Å². The lowest BCUT2D eigenvalue weighted by Crippen LogP contribution is -2.33. The first kappa shape index (κ1) is 11.8. The number of aliphatic imine (C=N–C) groups is 1. The minimum Gasteiger partial charge on any atom is -0.370 e. The van der Waals surface area contributed by atoms with Crippen LogP contribution in [0.4, 0.5) is 8.78 Å². The predicted molar refractivity (Wildman–Crippen MR) is 62.7 cm³/mol. The van der Waals surface area contributed by atoms with Gasteiger partial charge in [0.25, 0.3) is 0 Å². The molecule has 1 aliphatic carbocycles. The van der Waals surface area contributed by atoms with Gasteiger partial charge in [-0.25, -0.2) is 8.78 Å². The lowest BCUT2D eigenvalue weighted by atomic mass is 10.1. The number of nitrogens with one attached hydrogen (secondary N) is 1. The molecule has 0 unspecified atom stereocenters. The fourth-order valence-corrected chi connectivity index (χ4v) is 1.54. The van der Waals surface area contributed by atoms with Crippen molar-refractivity contribution in [3.63, 3.8) is 0 Å². The van der Waals surface area contributed by atoms with E-state index >= 15 is 0 Å². The standard InChI is InChI=1S/C12H15F2N3/c13-9-5-8(6-10(14)7-9)3-4-16-12(15)17-11-1-2-11/h5-7,11H,1-4H2,(H3,15,16,17). The van der Waals surface area contributed by atoms with Gasteiger partial charge in [-0.3, -0.25) is 4.99 Å². The first-order valence-electron chi connectivity index (χ1n) is 5.65. The van der Waals surface area contributed by atoms with Gasteiger partial charge in [-0.05, 0) is 37.0 Å². The summed E-state index contributed by atoms with van der Waals surface area (Å²) in [6.45, 7) is 0.425. The van der Waals surface area contributed by atoms with E-state index in [9.17, 15) is 8.78 Å². The van der Waals surface area contributed by atoms with E-state index in [2.05, 4.69) is 10.3 Å². The minimum atomic E-state index is -0.562. The van der Waals surface area contributed by atoms with Crippen LogP contribution in [0.15, 0.2) is 23.2 Å². The molecule has 0 heterocycles. The van der Waals surface area contributed by atoms with E-state index < -0.39 is 11.6 Å². The van der Waals surface area contributed by atoms with Crippen LogP contribution in [0.2, 0.25) is 0 Å². The van der Waals surface area contributed by atoms with Gasteiger partial charge in [0.2, 0.25) is 0 Å². The predicted octanol–water partition coefficient (Wildman–Crippen LogP) is 1.57. The van der Waals surface area contributed by atoms with Crippen molar-refractivity contribution in [2.75, 3.05) is 6.54 Å². The third-order valence-corrected chi connectivity index (χ3v) is 2.53. The molecule has 0 atom stereocenters. The van der Waals surface area contributed by atoms with Crippen LogP contribution in [0, 0.1) is 11.6 Å². The van der Waals surface area contributed by atoms with Gasteiger partial charge in [0.05, 0.1) is 0 Å². The van der Waals surface area contributed by atoms with Crippen molar-refractivity contribution < 1.29 is 8.78 Å². The van der Waals surface area contributed by atoms with Gasteiger partial charge in [0.15, 0.2) is 5.96 Å². The van der Waals surface area contributed by atoms with E-state index in [0.29, 0.717) is 30.5 Å². The van der Waals surface area contributed by atoms with Gasteiger partial charge in [0.1, 0.15) is 11.6 Å². The van der Waals surface area contributed by atoms with Crippen molar-refractivity contribution in [1.82, 2.24) is 5.32 Å². The number of rotatable bonds is 4. The third kappa shape index (κ3) is 4.01. The number of nitrogens with two attached hydrogens (primary N) is 1. The molecule has 0 radical (unpaired) electrons. The molecule has 1 aromatic carbocycles. The molecule has 1 saturated carbocycles. The summed E-state index contributed by atoms with van der Waals surface area (Å²) in [5.41, 5.74) is 6.22. The second-order valence-corrected chi connectivity index (χ2v) is 4.21. The highest BCUT2D eigenvalue weighted by molar-refractivity contribution is 5.78. The highest BCUT2D eigenvalue weighted by atomic mass is 19.1. The maximum atomic E-state index is 12.9. The summed E-state index contributed by atoms with van der Waals surface area (Å²) in [5, 5.41) is 3.04. The second-order valence-electron chi connectivity index (χ2n) is 4.21. The molecule has 0 aromatic heterocycles. The Hall–Kier alpha value is -1.65. The molecule has 0 saturated heterocycles. The zero-order valence-corrected chi connectivity index (χ0v) is 9.42. The van der Waals surface area contributed by atoms with Gasteiger partial charge in [0, 0.05) is 18.7 Å². The van der Waals surface area contributed by atoms with Crippen LogP contribution in [0.25, 0.3) is 0 Å². The largest absolute Gasteiger partial charge is 0.370 e. The van der Waals surface area contributed by atoms with Crippen LogP contribution >= 0.6 is 0 Å². The maximum absolute atomic E-state index is 12.9. The molecule has 0 aliphatic heterocycles. The van der Waals surface area contributed by atoms with E-state index in [0.717, 1.165) is 18.9 Å². The average molecular weight is 239 g/mol. The van der Waals surface area contributed by atoms with E-state index in [4.69, 9.17) is 5.73 Å². The van der Waals surface area contributed by atoms with Gasteiger partial charge in [-0.2, -0.15) is 0 Å². The van der Waals surface area contributed by atoms with Crippen molar-refractivity contribution in [2.45, 2.75) is 25.3 Å². The number of hydrogen-bond acceptors (Lipinski definition) is 1. The normalized spacial score (nSPS) is 16.0. The van der Waals surface area contributed by atoms with Crippen LogP contribution in [-0.4, -0.2) is 18.5 Å². The van der Waals surface area contributed by atoms with Crippen LogP contribution in [0.5, 0.6) is 0 Å². The first-order chi connectivity index (χ1) is 8.13. The topological polar surface area (TPSA) is 50.4 Å². The smallest absolute Gasteiger partial charge is 0.188 e. The molecule has 3 N–H and O–H groups in total. The fourth-order valence-electron chi connectivity index (χ4n) is 1.54.